The van der Waals surface area contributed by atoms with Gasteiger partial charge in [0.25, 0.3) is 23.3 Å². The van der Waals surface area contributed by atoms with Crippen LogP contribution in [-0.4, -0.2) is 45.6 Å². The lowest BCUT2D eigenvalue weighted by Crippen LogP contribution is -2.26. The lowest BCUT2D eigenvalue weighted by atomic mass is 10.0. The first-order chi connectivity index (χ1) is 42.3. The van der Waals surface area contributed by atoms with Gasteiger partial charge in [0.2, 0.25) is 0 Å². The number of anilines is 1. The van der Waals surface area contributed by atoms with Gasteiger partial charge in [-0.2, -0.15) is 39.5 Å². The summed E-state index contributed by atoms with van der Waals surface area (Å²) in [6.45, 7) is 4.69. The molecule has 0 fully saturated rings. The highest BCUT2D eigenvalue weighted by Crippen LogP contribution is 2.39. The van der Waals surface area contributed by atoms with Gasteiger partial charge in [-0.15, -0.1) is 0 Å². The molecule has 4 N–H and O–H groups in total. The summed E-state index contributed by atoms with van der Waals surface area (Å²) < 4.78 is 176. The summed E-state index contributed by atoms with van der Waals surface area (Å²) in [5.74, 6) is -6.06. The van der Waals surface area contributed by atoms with Gasteiger partial charge >= 0.3 is 18.5 Å². The van der Waals surface area contributed by atoms with Crippen LogP contribution in [0.2, 0.25) is 0 Å². The second-order valence-corrected chi connectivity index (χ2v) is 19.6. The van der Waals surface area contributed by atoms with Crippen molar-refractivity contribution in [3.05, 3.63) is 253 Å². The minimum Gasteiger partial charge on any atom is -0.457 e. The smallest absolute Gasteiger partial charge is 0.416 e. The highest BCUT2D eigenvalue weighted by Gasteiger charge is 2.35. The van der Waals surface area contributed by atoms with Crippen molar-refractivity contribution < 1.29 is 96.0 Å². The van der Waals surface area contributed by atoms with Gasteiger partial charge < -0.3 is 39.8 Å². The van der Waals surface area contributed by atoms with Crippen molar-refractivity contribution in [1.29, 1.82) is 0 Å². The molecule has 0 radical (unpaired) electrons. The van der Waals surface area contributed by atoms with Crippen LogP contribution in [0.3, 0.4) is 0 Å². The Bertz CT molecular complexity index is 4090. The van der Waals surface area contributed by atoms with E-state index in [1.165, 1.54) is 72.3 Å². The normalized spacial score (nSPS) is 13.0. The number of ether oxygens (including phenoxy) is 3. The van der Waals surface area contributed by atoms with E-state index >= 15 is 0 Å². The number of allylic oxidation sites excluding steroid dienone is 6. The Morgan fingerprint density at radius 1 is 0.533 bits per heavy atom. The number of alkyl halides is 9. The van der Waals surface area contributed by atoms with E-state index < -0.39 is 87.5 Å². The highest BCUT2D eigenvalue weighted by atomic mass is 19.4. The molecule has 6 aromatic carbocycles. The summed E-state index contributed by atoms with van der Waals surface area (Å²) in [7, 11) is 0. The van der Waals surface area contributed by atoms with Crippen LogP contribution >= 0.6 is 0 Å². The molecule has 2 aliphatic carbocycles. The number of hydrogen-bond acceptors (Lipinski definition) is 10. The molecular weight excluding hydrogens is 1210 g/mol. The number of amides is 3. The van der Waals surface area contributed by atoms with E-state index in [1.807, 2.05) is 0 Å². The zero-order valence-electron chi connectivity index (χ0n) is 47.0. The number of benzene rings is 6. The van der Waals surface area contributed by atoms with Crippen LogP contribution in [0.5, 0.6) is 34.5 Å². The van der Waals surface area contributed by atoms with Crippen molar-refractivity contribution >= 4 is 35.0 Å². The van der Waals surface area contributed by atoms with E-state index in [9.17, 15) is 81.5 Å². The van der Waals surface area contributed by atoms with Gasteiger partial charge in [0.05, 0.1) is 40.0 Å². The highest BCUT2D eigenvalue weighted by molar-refractivity contribution is 6.06. The molecule has 0 spiro atoms. The Morgan fingerprint density at radius 3 is 1.57 bits per heavy atom. The first kappa shape index (κ1) is 67.0. The molecular formula is C64H48F12N4O10. The third-order valence-electron chi connectivity index (χ3n) is 12.7. The number of ketones is 2. The molecule has 1 heterocycles. The molecule has 0 bridgehead atoms. The molecule has 14 nitrogen and oxygen atoms in total. The summed E-state index contributed by atoms with van der Waals surface area (Å²) in [5, 5.41) is 16.3. The van der Waals surface area contributed by atoms with Crippen LogP contribution in [0.1, 0.15) is 78.7 Å². The van der Waals surface area contributed by atoms with E-state index in [2.05, 4.69) is 16.0 Å². The number of aryl methyl sites for hydroxylation is 2. The Labute approximate surface area is 503 Å². The predicted molar refractivity (Wildman–Crippen MR) is 302 cm³/mol. The van der Waals surface area contributed by atoms with Gasteiger partial charge in [-0.05, 0) is 159 Å². The summed E-state index contributed by atoms with van der Waals surface area (Å²) in [5.41, 5.74) is -2.05. The quantitative estimate of drug-likeness (QED) is 0.0762. The average Bonchev–Trinajstić information content (AvgIpc) is 1.19. The van der Waals surface area contributed by atoms with Gasteiger partial charge in [0, 0.05) is 60.9 Å². The number of nitrogens with one attached hydrogen (secondary N) is 3. The number of rotatable bonds is 14. The molecule has 90 heavy (non-hydrogen) atoms. The molecule has 7 aromatic rings. The fourth-order valence-corrected chi connectivity index (χ4v) is 8.15. The van der Waals surface area contributed by atoms with Gasteiger partial charge in [-0.25, -0.2) is 13.2 Å². The minimum atomic E-state index is -4.68. The number of carbonyl (C=O) groups excluding carboxylic acids is 5. The van der Waals surface area contributed by atoms with Crippen LogP contribution in [0.4, 0.5) is 58.4 Å². The molecule has 9 rings (SSSR count). The van der Waals surface area contributed by atoms with Crippen molar-refractivity contribution in [3.8, 4) is 34.5 Å². The summed E-state index contributed by atoms with van der Waals surface area (Å²) in [4.78, 5) is 73.0. The summed E-state index contributed by atoms with van der Waals surface area (Å²) in [6, 6.07) is 21.6. The Kier molecular flexibility index (Phi) is 21.3. The Hall–Kier alpha value is -10.5. The maximum Gasteiger partial charge on any atom is 0.416 e. The van der Waals surface area contributed by atoms with Crippen molar-refractivity contribution in [2.24, 2.45) is 0 Å². The van der Waals surface area contributed by atoms with Crippen LogP contribution in [0.25, 0.3) is 0 Å². The van der Waals surface area contributed by atoms with Gasteiger partial charge in [-0.1, -0.05) is 18.2 Å². The largest absolute Gasteiger partial charge is 0.457 e. The van der Waals surface area contributed by atoms with Crippen molar-refractivity contribution in [1.82, 2.24) is 15.2 Å². The fraction of sp³-hybridized carbons (Fsp3) is 0.156. The number of aromatic nitrogens is 1. The second kappa shape index (κ2) is 28.6. The lowest BCUT2D eigenvalue weighted by molar-refractivity contribution is -0.138. The van der Waals surface area contributed by atoms with E-state index in [-0.39, 0.29) is 94.3 Å². The molecule has 2 aliphatic rings. The maximum absolute atomic E-state index is 14.1. The zero-order chi connectivity index (χ0) is 65.8. The van der Waals surface area contributed by atoms with Gasteiger partial charge in [-0.3, -0.25) is 28.8 Å². The Morgan fingerprint density at radius 2 is 1.04 bits per heavy atom. The Balaban J connectivity index is 0.000000192. The van der Waals surface area contributed by atoms with E-state index in [4.69, 9.17) is 19.3 Å². The van der Waals surface area contributed by atoms with E-state index in [0.29, 0.717) is 34.9 Å². The van der Waals surface area contributed by atoms with Crippen LogP contribution in [-0.2, 0) is 34.7 Å². The van der Waals surface area contributed by atoms with Crippen LogP contribution in [0.15, 0.2) is 186 Å². The first-order valence-electron chi connectivity index (χ1n) is 26.4. The lowest BCUT2D eigenvalue weighted by Gasteiger charge is -2.17. The van der Waals surface area contributed by atoms with Crippen molar-refractivity contribution in [3.63, 3.8) is 0 Å². The van der Waals surface area contributed by atoms with Crippen molar-refractivity contribution in [2.45, 2.75) is 58.7 Å². The number of hydrogen-bond donors (Lipinski definition) is 4. The molecule has 468 valence electrons. The first-order valence-corrected chi connectivity index (χ1v) is 26.4. The predicted octanol–water partition coefficient (Wildman–Crippen LogP) is 14.6. The molecule has 3 amide bonds. The standard InChI is InChI=1S/C22H17F4NO3.C21H16F4N2O4.C21H15F4NO3/c1-12-3-6-16(28)11-18(12)27-21(29)17-7-4-14(22(24,25)26)10-20(17)30-19-8-5-15(23)9-13(19)2;22-14-2-4-16(5-3-14)31-18-11-13(21(23,24)25)1-6-17(18)20(30)26-15-7-8-27(9-10-28)19(29)12-15;1-12-5-8-18(17(22)9-12)29-19-10-13(21(23,24)25)6-7-16(19)20(28)26-14-3-2-4-15(27)11-14/h3-5,7-11H,6H2,1-2H3,(H,27,29);1-8,11-12,28H,9-10H2,(H,26,30);2-3,5-11H,4H2,1H3,(H,26,28). The fourth-order valence-electron chi connectivity index (χ4n) is 8.15. The third kappa shape index (κ3) is 18.3. The topological polar surface area (TPSA) is 191 Å². The van der Waals surface area contributed by atoms with Crippen LogP contribution < -0.4 is 35.7 Å². The van der Waals surface area contributed by atoms with Crippen molar-refractivity contribution in [2.75, 3.05) is 11.9 Å². The zero-order valence-corrected chi connectivity index (χ0v) is 47.0. The maximum atomic E-state index is 14.1. The van der Waals surface area contributed by atoms with Gasteiger partial charge in [0.1, 0.15) is 40.4 Å². The molecule has 0 aliphatic heterocycles. The molecule has 0 atom stereocenters. The number of nitrogens with zero attached hydrogens (tertiary/aromatic N) is 1. The molecule has 0 unspecified atom stereocenters. The minimum absolute atomic E-state index is 0.0291. The number of carbonyl (C=O) groups is 5. The average molecular weight is 1260 g/mol. The van der Waals surface area contributed by atoms with E-state index in [0.717, 1.165) is 72.8 Å². The summed E-state index contributed by atoms with van der Waals surface area (Å²) in [6.07, 6.45) is -5.07. The molecule has 0 saturated heterocycles. The van der Waals surface area contributed by atoms with Gasteiger partial charge in [0.15, 0.2) is 23.1 Å². The number of aliphatic hydroxyl groups excluding tert-OH is 1. The second-order valence-electron chi connectivity index (χ2n) is 19.6. The third-order valence-corrected chi connectivity index (χ3v) is 12.7. The molecule has 0 saturated carbocycles. The molecule has 26 heteroatoms. The monoisotopic (exact) mass is 1260 g/mol. The van der Waals surface area contributed by atoms with E-state index in [1.54, 1.807) is 26.0 Å². The molecule has 1 aromatic heterocycles. The number of halogens is 12. The number of aliphatic hydroxyl groups is 1. The number of pyridine rings is 1. The van der Waals surface area contributed by atoms with Crippen LogP contribution in [0, 0.1) is 31.3 Å². The summed E-state index contributed by atoms with van der Waals surface area (Å²) >= 11 is 0. The SMILES string of the molecule is CC1=CCC(=O)C=C1NC(=O)c1ccc(C(F)(F)F)cc1Oc1ccc(F)cc1C.Cc1ccc(Oc2cc(C(F)(F)F)ccc2C(=O)NC2=CC(=O)CC=C2)c(F)c1.O=C(Nc1ccn(CCO)c(=O)c1)c1ccc(C(F)(F)F)cc1Oc1ccc(F)cc1.